The van der Waals surface area contributed by atoms with Crippen LogP contribution < -0.4 is 9.60 Å². The van der Waals surface area contributed by atoms with E-state index in [1.165, 1.54) is 0 Å². The molecule has 1 heterocycles. The Bertz CT molecular complexity index is 554. The fourth-order valence-corrected chi connectivity index (χ4v) is 4.35. The van der Waals surface area contributed by atoms with Gasteiger partial charge in [-0.15, -0.1) is 0 Å². The SMILES string of the molecule is COC1CC(NS(=O)(=O)c2sc(=O)[nH]c2C)C1. The summed E-state index contributed by atoms with van der Waals surface area (Å²) in [5.41, 5.74) is 0.384. The zero-order chi connectivity index (χ0) is 12.6. The van der Waals surface area contributed by atoms with Gasteiger partial charge < -0.3 is 9.72 Å². The van der Waals surface area contributed by atoms with Crippen LogP contribution in [0.15, 0.2) is 9.00 Å². The van der Waals surface area contributed by atoms with Crippen molar-refractivity contribution < 1.29 is 13.2 Å². The van der Waals surface area contributed by atoms with Crippen LogP contribution >= 0.6 is 11.3 Å². The van der Waals surface area contributed by atoms with Gasteiger partial charge in [0.25, 0.3) is 10.0 Å². The van der Waals surface area contributed by atoms with Gasteiger partial charge in [0.2, 0.25) is 0 Å². The number of hydrogen-bond acceptors (Lipinski definition) is 5. The van der Waals surface area contributed by atoms with Crippen LogP contribution in [0.3, 0.4) is 0 Å². The average Bonchev–Trinajstić information content (AvgIpc) is 2.51. The fraction of sp³-hybridized carbons (Fsp3) is 0.667. The number of methoxy groups -OCH3 is 1. The van der Waals surface area contributed by atoms with Gasteiger partial charge in [0, 0.05) is 18.8 Å². The molecule has 0 radical (unpaired) electrons. The molecule has 0 amide bonds. The van der Waals surface area contributed by atoms with Gasteiger partial charge in [-0.25, -0.2) is 13.1 Å². The summed E-state index contributed by atoms with van der Waals surface area (Å²) >= 11 is 0.712. The predicted molar refractivity (Wildman–Crippen MR) is 63.8 cm³/mol. The maximum atomic E-state index is 12.0. The molecule has 1 saturated carbocycles. The van der Waals surface area contributed by atoms with Crippen molar-refractivity contribution in [2.75, 3.05) is 7.11 Å². The number of ether oxygens (including phenoxy) is 1. The van der Waals surface area contributed by atoms with Gasteiger partial charge in [-0.1, -0.05) is 11.3 Å². The fourth-order valence-electron chi connectivity index (χ4n) is 1.77. The highest BCUT2D eigenvalue weighted by Gasteiger charge is 2.33. The van der Waals surface area contributed by atoms with Gasteiger partial charge in [0.15, 0.2) is 4.21 Å². The molecule has 96 valence electrons. The molecule has 0 unspecified atom stereocenters. The van der Waals surface area contributed by atoms with E-state index < -0.39 is 10.0 Å². The summed E-state index contributed by atoms with van der Waals surface area (Å²) in [6.45, 7) is 1.57. The molecule has 2 rings (SSSR count). The Labute approximate surface area is 103 Å². The molecule has 17 heavy (non-hydrogen) atoms. The summed E-state index contributed by atoms with van der Waals surface area (Å²) in [5.74, 6) is 0. The van der Waals surface area contributed by atoms with Crippen LogP contribution in [0.25, 0.3) is 0 Å². The zero-order valence-electron chi connectivity index (χ0n) is 9.52. The Morgan fingerprint density at radius 3 is 2.59 bits per heavy atom. The molecular weight excluding hydrogens is 264 g/mol. The summed E-state index contributed by atoms with van der Waals surface area (Å²) in [6.07, 6.45) is 1.48. The number of sulfonamides is 1. The standard InChI is InChI=1S/C9H14N2O4S2/c1-5-8(16-9(12)10-5)17(13,14)11-6-3-7(4-6)15-2/h6-7,11H,3-4H2,1-2H3,(H,10,12). The lowest BCUT2D eigenvalue weighted by Gasteiger charge is -2.34. The first-order valence-corrected chi connectivity index (χ1v) is 7.47. The van der Waals surface area contributed by atoms with Crippen molar-refractivity contribution >= 4 is 21.4 Å². The summed E-state index contributed by atoms with van der Waals surface area (Å²) in [6, 6.07) is -0.0958. The Balaban J connectivity index is 2.10. The number of H-pyrrole nitrogens is 1. The van der Waals surface area contributed by atoms with Crippen LogP contribution in [0, 0.1) is 6.92 Å². The van der Waals surface area contributed by atoms with E-state index in [4.69, 9.17) is 4.74 Å². The van der Waals surface area contributed by atoms with Crippen LogP contribution in [0.2, 0.25) is 0 Å². The minimum atomic E-state index is -3.58. The number of aryl methyl sites for hydroxylation is 1. The molecule has 2 N–H and O–H groups in total. The summed E-state index contributed by atoms with van der Waals surface area (Å²) in [4.78, 5) is 13.2. The van der Waals surface area contributed by atoms with Crippen LogP contribution in [0.4, 0.5) is 0 Å². The Kier molecular flexibility index (Phi) is 3.39. The monoisotopic (exact) mass is 278 g/mol. The largest absolute Gasteiger partial charge is 0.381 e. The third-order valence-electron chi connectivity index (χ3n) is 2.78. The third-order valence-corrected chi connectivity index (χ3v) is 5.90. The summed E-state index contributed by atoms with van der Waals surface area (Å²) in [7, 11) is -1.97. The van der Waals surface area contributed by atoms with Gasteiger partial charge in [0.05, 0.1) is 6.10 Å². The molecule has 0 atom stereocenters. The molecule has 1 aliphatic rings. The summed E-state index contributed by atoms with van der Waals surface area (Å²) < 4.78 is 31.6. The molecule has 1 fully saturated rings. The van der Waals surface area contributed by atoms with E-state index in [1.807, 2.05) is 0 Å². The Hall–Kier alpha value is -0.700. The average molecular weight is 278 g/mol. The van der Waals surface area contributed by atoms with Gasteiger partial charge in [-0.3, -0.25) is 4.79 Å². The minimum Gasteiger partial charge on any atom is -0.381 e. The van der Waals surface area contributed by atoms with Crippen LogP contribution in [-0.2, 0) is 14.8 Å². The number of nitrogens with one attached hydrogen (secondary N) is 2. The Morgan fingerprint density at radius 1 is 1.47 bits per heavy atom. The molecule has 8 heteroatoms. The molecule has 1 aromatic rings. The maximum Gasteiger partial charge on any atom is 0.305 e. The number of aromatic amines is 1. The van der Waals surface area contributed by atoms with Crippen molar-refractivity contribution in [3.63, 3.8) is 0 Å². The minimum absolute atomic E-state index is 0.0726. The number of thiazole rings is 1. The number of aromatic nitrogens is 1. The van der Waals surface area contributed by atoms with E-state index in [0.717, 1.165) is 0 Å². The molecule has 0 spiro atoms. The van der Waals surface area contributed by atoms with Crippen molar-refractivity contribution in [1.29, 1.82) is 0 Å². The van der Waals surface area contributed by atoms with E-state index in [2.05, 4.69) is 9.71 Å². The van der Waals surface area contributed by atoms with Gasteiger partial charge in [0.1, 0.15) is 0 Å². The molecule has 1 aliphatic carbocycles. The molecular formula is C9H14N2O4S2. The van der Waals surface area contributed by atoms with E-state index >= 15 is 0 Å². The highest BCUT2D eigenvalue weighted by Crippen LogP contribution is 2.25. The second-order valence-corrected chi connectivity index (χ2v) is 6.97. The van der Waals surface area contributed by atoms with Crippen LogP contribution in [0.5, 0.6) is 0 Å². The first kappa shape index (κ1) is 12.7. The van der Waals surface area contributed by atoms with Crippen molar-refractivity contribution in [3.8, 4) is 0 Å². The first-order valence-electron chi connectivity index (χ1n) is 5.17. The van der Waals surface area contributed by atoms with E-state index in [1.54, 1.807) is 14.0 Å². The normalized spacial score (nSPS) is 24.6. The molecule has 6 nitrogen and oxygen atoms in total. The number of hydrogen-bond donors (Lipinski definition) is 2. The van der Waals surface area contributed by atoms with Crippen LogP contribution in [-0.4, -0.2) is 32.7 Å². The lowest BCUT2D eigenvalue weighted by molar-refractivity contribution is 0.0236. The lowest BCUT2D eigenvalue weighted by Crippen LogP contribution is -2.47. The quantitative estimate of drug-likeness (QED) is 0.823. The van der Waals surface area contributed by atoms with Crippen molar-refractivity contribution in [2.45, 2.75) is 36.1 Å². The highest BCUT2D eigenvalue weighted by atomic mass is 32.2. The Morgan fingerprint density at radius 2 is 2.12 bits per heavy atom. The third kappa shape index (κ3) is 2.59. The second-order valence-electron chi connectivity index (χ2n) is 4.07. The maximum absolute atomic E-state index is 12.0. The number of rotatable bonds is 4. The smallest absolute Gasteiger partial charge is 0.305 e. The van der Waals surface area contributed by atoms with E-state index in [-0.39, 0.29) is 21.2 Å². The van der Waals surface area contributed by atoms with Gasteiger partial charge in [-0.2, -0.15) is 0 Å². The second kappa shape index (κ2) is 4.52. The highest BCUT2D eigenvalue weighted by molar-refractivity contribution is 7.91. The molecule has 0 aliphatic heterocycles. The first-order chi connectivity index (χ1) is 7.92. The molecule has 0 bridgehead atoms. The molecule has 1 aromatic heterocycles. The van der Waals surface area contributed by atoms with Crippen molar-refractivity contribution in [2.24, 2.45) is 0 Å². The van der Waals surface area contributed by atoms with E-state index in [0.29, 0.717) is 29.9 Å². The van der Waals surface area contributed by atoms with Crippen molar-refractivity contribution in [3.05, 3.63) is 15.4 Å². The molecule has 0 saturated heterocycles. The topological polar surface area (TPSA) is 88.3 Å². The van der Waals surface area contributed by atoms with Crippen molar-refractivity contribution in [1.82, 2.24) is 9.71 Å². The predicted octanol–water partition coefficient (Wildman–Crippen LogP) is 0.201. The van der Waals surface area contributed by atoms with Gasteiger partial charge in [-0.05, 0) is 19.8 Å². The lowest BCUT2D eigenvalue weighted by atomic mass is 9.90. The van der Waals surface area contributed by atoms with Crippen LogP contribution in [0.1, 0.15) is 18.5 Å². The van der Waals surface area contributed by atoms with E-state index in [9.17, 15) is 13.2 Å². The zero-order valence-corrected chi connectivity index (χ0v) is 11.2. The summed E-state index contributed by atoms with van der Waals surface area (Å²) in [5, 5.41) is 0. The molecule has 0 aromatic carbocycles. The van der Waals surface area contributed by atoms with Gasteiger partial charge >= 0.3 is 4.87 Å².